The first-order chi connectivity index (χ1) is 8.09. The van der Waals surface area contributed by atoms with E-state index < -0.39 is 0 Å². The van der Waals surface area contributed by atoms with Gasteiger partial charge in [0.25, 0.3) is 0 Å². The quantitative estimate of drug-likeness (QED) is 0.795. The molecule has 1 aromatic carbocycles. The average Bonchev–Trinajstić information content (AvgIpc) is 2.35. The van der Waals surface area contributed by atoms with Crippen molar-refractivity contribution in [1.82, 2.24) is 5.32 Å². The lowest BCUT2D eigenvalue weighted by Crippen LogP contribution is -2.37. The molecule has 1 N–H and O–H groups in total. The first-order valence-corrected chi connectivity index (χ1v) is 7.01. The second kappa shape index (κ2) is 6.63. The van der Waals surface area contributed by atoms with E-state index in [1.807, 2.05) is 12.1 Å². The van der Waals surface area contributed by atoms with E-state index in [1.165, 1.54) is 5.56 Å². The Balaban J connectivity index is 3.07. The van der Waals surface area contributed by atoms with Crippen molar-refractivity contribution < 1.29 is 0 Å². The molecule has 0 fully saturated rings. The predicted molar refractivity (Wildman–Crippen MR) is 77.3 cm³/mol. The highest BCUT2D eigenvalue weighted by Crippen LogP contribution is 2.34. The molecule has 0 radical (unpaired) electrons. The van der Waals surface area contributed by atoms with Crippen molar-refractivity contribution >= 4 is 23.2 Å². The molecule has 0 spiro atoms. The fourth-order valence-corrected chi connectivity index (χ4v) is 2.50. The van der Waals surface area contributed by atoms with Crippen LogP contribution in [0.4, 0.5) is 0 Å². The molecule has 17 heavy (non-hydrogen) atoms. The largest absolute Gasteiger partial charge is 0.316 e. The van der Waals surface area contributed by atoms with E-state index in [0.29, 0.717) is 10.0 Å². The first-order valence-electron chi connectivity index (χ1n) is 6.26. The third-order valence-corrected chi connectivity index (χ3v) is 4.34. The van der Waals surface area contributed by atoms with Gasteiger partial charge in [-0.25, -0.2) is 0 Å². The zero-order valence-corrected chi connectivity index (χ0v) is 12.3. The SMILES string of the molecule is CCNCC(CC)(CC)c1ccc(Cl)c(Cl)c1. The van der Waals surface area contributed by atoms with Crippen molar-refractivity contribution in [2.45, 2.75) is 39.0 Å². The van der Waals surface area contributed by atoms with Gasteiger partial charge < -0.3 is 5.32 Å². The molecule has 0 aliphatic carbocycles. The number of hydrogen-bond donors (Lipinski definition) is 1. The van der Waals surface area contributed by atoms with Crippen LogP contribution in [0.2, 0.25) is 10.0 Å². The van der Waals surface area contributed by atoms with E-state index in [0.717, 1.165) is 25.9 Å². The van der Waals surface area contributed by atoms with E-state index in [4.69, 9.17) is 23.2 Å². The molecule has 1 aromatic rings. The van der Waals surface area contributed by atoms with Crippen LogP contribution in [-0.2, 0) is 5.41 Å². The van der Waals surface area contributed by atoms with Gasteiger partial charge in [-0.15, -0.1) is 0 Å². The molecular formula is C14H21Cl2N. The Labute approximate surface area is 115 Å². The summed E-state index contributed by atoms with van der Waals surface area (Å²) < 4.78 is 0. The van der Waals surface area contributed by atoms with Crippen molar-refractivity contribution in [1.29, 1.82) is 0 Å². The summed E-state index contributed by atoms with van der Waals surface area (Å²) in [6.45, 7) is 8.55. The monoisotopic (exact) mass is 273 g/mol. The van der Waals surface area contributed by atoms with Crippen LogP contribution in [0.5, 0.6) is 0 Å². The standard InChI is InChI=1S/C14H21Cl2N/c1-4-14(5-2,10-17-6-3)11-7-8-12(15)13(16)9-11/h7-9,17H,4-6,10H2,1-3H3. The second-order valence-electron chi connectivity index (χ2n) is 4.40. The molecule has 1 rings (SSSR count). The summed E-state index contributed by atoms with van der Waals surface area (Å²) in [5, 5.41) is 4.72. The van der Waals surface area contributed by atoms with Gasteiger partial charge in [0.05, 0.1) is 10.0 Å². The summed E-state index contributed by atoms with van der Waals surface area (Å²) in [6, 6.07) is 6.00. The van der Waals surface area contributed by atoms with Crippen LogP contribution in [0, 0.1) is 0 Å². The maximum Gasteiger partial charge on any atom is 0.0595 e. The van der Waals surface area contributed by atoms with Gasteiger partial charge in [-0.3, -0.25) is 0 Å². The smallest absolute Gasteiger partial charge is 0.0595 e. The van der Waals surface area contributed by atoms with Crippen molar-refractivity contribution in [3.8, 4) is 0 Å². The molecule has 0 saturated heterocycles. The third kappa shape index (κ3) is 3.37. The number of likely N-dealkylation sites (N-methyl/N-ethyl adjacent to an activating group) is 1. The average molecular weight is 274 g/mol. The van der Waals surface area contributed by atoms with Crippen LogP contribution in [0.1, 0.15) is 39.2 Å². The summed E-state index contributed by atoms with van der Waals surface area (Å²) in [6.07, 6.45) is 2.18. The Bertz CT molecular complexity index is 359. The summed E-state index contributed by atoms with van der Waals surface area (Å²) in [5.74, 6) is 0. The zero-order valence-electron chi connectivity index (χ0n) is 10.8. The van der Waals surface area contributed by atoms with Gasteiger partial charge >= 0.3 is 0 Å². The van der Waals surface area contributed by atoms with Crippen molar-refractivity contribution in [3.05, 3.63) is 33.8 Å². The molecule has 0 atom stereocenters. The number of halogens is 2. The lowest BCUT2D eigenvalue weighted by atomic mass is 9.76. The molecule has 0 aliphatic rings. The molecular weight excluding hydrogens is 253 g/mol. The number of benzene rings is 1. The van der Waals surface area contributed by atoms with E-state index in [1.54, 1.807) is 0 Å². The molecule has 0 aliphatic heterocycles. The molecule has 0 unspecified atom stereocenters. The summed E-state index contributed by atoms with van der Waals surface area (Å²) in [7, 11) is 0. The molecule has 0 saturated carbocycles. The zero-order chi connectivity index (χ0) is 12.9. The van der Waals surface area contributed by atoms with Crippen molar-refractivity contribution in [2.75, 3.05) is 13.1 Å². The number of hydrogen-bond acceptors (Lipinski definition) is 1. The number of rotatable bonds is 6. The van der Waals surface area contributed by atoms with E-state index in [9.17, 15) is 0 Å². The van der Waals surface area contributed by atoms with Gasteiger partial charge in [-0.2, -0.15) is 0 Å². The van der Waals surface area contributed by atoms with Gasteiger partial charge in [0.15, 0.2) is 0 Å². The lowest BCUT2D eigenvalue weighted by Gasteiger charge is -2.33. The maximum atomic E-state index is 6.12. The fraction of sp³-hybridized carbons (Fsp3) is 0.571. The Morgan fingerprint density at radius 3 is 2.18 bits per heavy atom. The van der Waals surface area contributed by atoms with Crippen LogP contribution in [0.25, 0.3) is 0 Å². The van der Waals surface area contributed by atoms with Gasteiger partial charge in [-0.1, -0.05) is 50.0 Å². The maximum absolute atomic E-state index is 6.12. The topological polar surface area (TPSA) is 12.0 Å². The molecule has 0 amide bonds. The van der Waals surface area contributed by atoms with Gasteiger partial charge in [0.2, 0.25) is 0 Å². The minimum atomic E-state index is 0.157. The summed E-state index contributed by atoms with van der Waals surface area (Å²) in [4.78, 5) is 0. The molecule has 1 nitrogen and oxygen atoms in total. The van der Waals surface area contributed by atoms with Crippen molar-refractivity contribution in [2.24, 2.45) is 0 Å². The Hall–Kier alpha value is -0.240. The van der Waals surface area contributed by atoms with E-state index in [-0.39, 0.29) is 5.41 Å². The molecule has 0 heterocycles. The molecule has 0 aromatic heterocycles. The highest BCUT2D eigenvalue weighted by atomic mass is 35.5. The van der Waals surface area contributed by atoms with Gasteiger partial charge in [0.1, 0.15) is 0 Å². The Kier molecular flexibility index (Phi) is 5.78. The molecule has 0 bridgehead atoms. The highest BCUT2D eigenvalue weighted by molar-refractivity contribution is 6.42. The van der Waals surface area contributed by atoms with Crippen molar-refractivity contribution in [3.63, 3.8) is 0 Å². The summed E-state index contributed by atoms with van der Waals surface area (Å²) >= 11 is 12.1. The fourth-order valence-electron chi connectivity index (χ4n) is 2.20. The van der Waals surface area contributed by atoms with Gasteiger partial charge in [0, 0.05) is 12.0 Å². The van der Waals surface area contributed by atoms with E-state index >= 15 is 0 Å². The van der Waals surface area contributed by atoms with Crippen LogP contribution in [-0.4, -0.2) is 13.1 Å². The molecule has 3 heteroatoms. The predicted octanol–water partition coefficient (Wildman–Crippen LogP) is 4.66. The second-order valence-corrected chi connectivity index (χ2v) is 5.21. The highest BCUT2D eigenvalue weighted by Gasteiger charge is 2.28. The minimum Gasteiger partial charge on any atom is -0.316 e. The van der Waals surface area contributed by atoms with Crippen LogP contribution in [0.3, 0.4) is 0 Å². The third-order valence-electron chi connectivity index (χ3n) is 3.60. The Morgan fingerprint density at radius 2 is 1.71 bits per heavy atom. The van der Waals surface area contributed by atoms with Gasteiger partial charge in [-0.05, 0) is 37.1 Å². The number of nitrogens with one attached hydrogen (secondary N) is 1. The lowest BCUT2D eigenvalue weighted by molar-refractivity contribution is 0.372. The minimum absolute atomic E-state index is 0.157. The summed E-state index contributed by atoms with van der Waals surface area (Å²) in [5.41, 5.74) is 1.43. The van der Waals surface area contributed by atoms with Crippen LogP contribution >= 0.6 is 23.2 Å². The van der Waals surface area contributed by atoms with Crippen LogP contribution in [0.15, 0.2) is 18.2 Å². The Morgan fingerprint density at radius 1 is 1.06 bits per heavy atom. The normalized spacial score (nSPS) is 11.8. The van der Waals surface area contributed by atoms with E-state index in [2.05, 4.69) is 32.2 Å². The van der Waals surface area contributed by atoms with Crippen LogP contribution < -0.4 is 5.32 Å². The molecule has 96 valence electrons. The first kappa shape index (κ1) is 14.8.